The van der Waals surface area contributed by atoms with Gasteiger partial charge in [-0.25, -0.2) is 8.78 Å². The highest BCUT2D eigenvalue weighted by atomic mass is 79.9. The normalized spacial score (nSPS) is 10.4. The molecule has 94 valence electrons. The van der Waals surface area contributed by atoms with Gasteiger partial charge in [0.2, 0.25) is 0 Å². The Morgan fingerprint density at radius 2 is 1.89 bits per heavy atom. The fourth-order valence-corrected chi connectivity index (χ4v) is 1.90. The number of nitrogens with one attached hydrogen (secondary N) is 1. The highest BCUT2D eigenvalue weighted by Gasteiger charge is 2.04. The van der Waals surface area contributed by atoms with Crippen molar-refractivity contribution in [3.8, 4) is 0 Å². The molecule has 0 aliphatic heterocycles. The molecule has 0 fully saturated rings. The van der Waals surface area contributed by atoms with Crippen LogP contribution in [0.2, 0.25) is 5.02 Å². The van der Waals surface area contributed by atoms with E-state index in [-0.39, 0.29) is 6.54 Å². The second-order valence-electron chi connectivity index (χ2n) is 3.72. The molecule has 1 nitrogen and oxygen atoms in total. The lowest BCUT2D eigenvalue weighted by atomic mass is 10.2. The molecule has 0 saturated heterocycles. The van der Waals surface area contributed by atoms with Gasteiger partial charge < -0.3 is 5.32 Å². The molecule has 0 unspecified atom stereocenters. The maximum absolute atomic E-state index is 13.4. The maximum atomic E-state index is 13.4. The predicted octanol–water partition coefficient (Wildman–Crippen LogP) is 4.99. The van der Waals surface area contributed by atoms with Crippen LogP contribution in [-0.2, 0) is 6.54 Å². The molecule has 18 heavy (non-hydrogen) atoms. The van der Waals surface area contributed by atoms with Crippen LogP contribution in [0.5, 0.6) is 0 Å². The van der Waals surface area contributed by atoms with Crippen molar-refractivity contribution in [2.75, 3.05) is 5.32 Å². The fraction of sp³-hybridized carbons (Fsp3) is 0.0769. The van der Waals surface area contributed by atoms with Crippen molar-refractivity contribution in [1.82, 2.24) is 0 Å². The Bertz CT molecular complexity index is 575. The quantitative estimate of drug-likeness (QED) is 0.834. The van der Waals surface area contributed by atoms with Crippen LogP contribution in [0.1, 0.15) is 5.56 Å². The third-order valence-corrected chi connectivity index (χ3v) is 3.65. The summed E-state index contributed by atoms with van der Waals surface area (Å²) in [5.41, 5.74) is 1.17. The lowest BCUT2D eigenvalue weighted by Crippen LogP contribution is -2.02. The zero-order chi connectivity index (χ0) is 13.1. The molecule has 1 N–H and O–H groups in total. The van der Waals surface area contributed by atoms with Crippen LogP contribution >= 0.6 is 27.5 Å². The van der Waals surface area contributed by atoms with Crippen LogP contribution in [-0.4, -0.2) is 0 Å². The van der Waals surface area contributed by atoms with Gasteiger partial charge in [0.15, 0.2) is 0 Å². The van der Waals surface area contributed by atoms with Crippen LogP contribution in [0.25, 0.3) is 0 Å². The summed E-state index contributed by atoms with van der Waals surface area (Å²) >= 11 is 9.22. The Hall–Kier alpha value is -1.13. The first-order valence-electron chi connectivity index (χ1n) is 5.19. The second-order valence-corrected chi connectivity index (χ2v) is 4.98. The summed E-state index contributed by atoms with van der Waals surface area (Å²) < 4.78 is 26.9. The van der Waals surface area contributed by atoms with Crippen molar-refractivity contribution in [3.63, 3.8) is 0 Å². The zero-order valence-electron chi connectivity index (χ0n) is 9.18. The minimum absolute atomic E-state index is 0.268. The molecule has 2 aromatic carbocycles. The molecule has 0 amide bonds. The second kappa shape index (κ2) is 5.67. The molecule has 0 aromatic heterocycles. The largest absolute Gasteiger partial charge is 0.381 e. The van der Waals surface area contributed by atoms with Gasteiger partial charge in [-0.3, -0.25) is 0 Å². The highest BCUT2D eigenvalue weighted by molar-refractivity contribution is 9.10. The molecular formula is C13H9BrClF2N. The molecule has 0 saturated carbocycles. The zero-order valence-corrected chi connectivity index (χ0v) is 11.5. The number of anilines is 1. The van der Waals surface area contributed by atoms with Gasteiger partial charge in [-0.1, -0.05) is 17.7 Å². The van der Waals surface area contributed by atoms with Crippen molar-refractivity contribution in [2.24, 2.45) is 0 Å². The number of rotatable bonds is 3. The Kier molecular flexibility index (Phi) is 4.19. The van der Waals surface area contributed by atoms with Crippen LogP contribution in [0.15, 0.2) is 40.9 Å². The van der Waals surface area contributed by atoms with E-state index in [0.29, 0.717) is 10.6 Å². The lowest BCUT2D eigenvalue weighted by Gasteiger charge is -2.08. The van der Waals surface area contributed by atoms with Gasteiger partial charge in [-0.2, -0.15) is 0 Å². The molecular weight excluding hydrogens is 324 g/mol. The van der Waals surface area contributed by atoms with Crippen LogP contribution in [0, 0.1) is 11.6 Å². The SMILES string of the molecule is Fc1ccc(CNc2ccc(Br)c(Cl)c2)c(F)c1. The summed E-state index contributed by atoms with van der Waals surface area (Å²) in [5.74, 6) is -1.14. The standard InChI is InChI=1S/C13H9BrClF2N/c14-11-4-3-10(6-12(11)15)18-7-8-1-2-9(16)5-13(8)17/h1-6,18H,7H2. The summed E-state index contributed by atoms with van der Waals surface area (Å²) in [6.07, 6.45) is 0. The number of hydrogen-bond acceptors (Lipinski definition) is 1. The molecule has 2 rings (SSSR count). The van der Waals surface area contributed by atoms with E-state index in [0.717, 1.165) is 16.2 Å². The fourth-order valence-electron chi connectivity index (χ4n) is 1.47. The minimum Gasteiger partial charge on any atom is -0.381 e. The topological polar surface area (TPSA) is 12.0 Å². The average Bonchev–Trinajstić information content (AvgIpc) is 2.32. The molecule has 0 atom stereocenters. The summed E-state index contributed by atoms with van der Waals surface area (Å²) in [5, 5.41) is 3.59. The maximum Gasteiger partial charge on any atom is 0.131 e. The number of benzene rings is 2. The first-order chi connectivity index (χ1) is 8.56. The van der Waals surface area contributed by atoms with E-state index in [9.17, 15) is 8.78 Å². The van der Waals surface area contributed by atoms with Gasteiger partial charge in [-0.05, 0) is 40.2 Å². The molecule has 2 aromatic rings. The molecule has 0 heterocycles. The molecule has 0 bridgehead atoms. The van der Waals surface area contributed by atoms with Gasteiger partial charge >= 0.3 is 0 Å². The first-order valence-corrected chi connectivity index (χ1v) is 6.36. The Morgan fingerprint density at radius 1 is 1.11 bits per heavy atom. The van der Waals surface area contributed by atoms with Gasteiger partial charge in [0.1, 0.15) is 11.6 Å². The van der Waals surface area contributed by atoms with Crippen molar-refractivity contribution < 1.29 is 8.78 Å². The van der Waals surface area contributed by atoms with E-state index in [4.69, 9.17) is 11.6 Å². The number of hydrogen-bond donors (Lipinski definition) is 1. The van der Waals surface area contributed by atoms with E-state index in [1.807, 2.05) is 6.07 Å². The van der Waals surface area contributed by atoms with Crippen LogP contribution in [0.4, 0.5) is 14.5 Å². The van der Waals surface area contributed by atoms with Crippen molar-refractivity contribution in [2.45, 2.75) is 6.54 Å². The summed E-state index contributed by atoms with van der Waals surface area (Å²) in [6, 6.07) is 8.86. The average molecular weight is 333 g/mol. The molecule has 0 aliphatic carbocycles. The monoisotopic (exact) mass is 331 g/mol. The van der Waals surface area contributed by atoms with Crippen molar-refractivity contribution >= 4 is 33.2 Å². The van der Waals surface area contributed by atoms with Gasteiger partial charge in [0.25, 0.3) is 0 Å². The highest BCUT2D eigenvalue weighted by Crippen LogP contribution is 2.25. The van der Waals surface area contributed by atoms with Crippen molar-refractivity contribution in [1.29, 1.82) is 0 Å². The third kappa shape index (κ3) is 3.21. The van der Waals surface area contributed by atoms with E-state index in [2.05, 4.69) is 21.2 Å². The van der Waals surface area contributed by atoms with Crippen molar-refractivity contribution in [3.05, 3.63) is 63.1 Å². The van der Waals surface area contributed by atoms with Gasteiger partial charge in [-0.15, -0.1) is 0 Å². The molecule has 0 aliphatic rings. The third-order valence-electron chi connectivity index (χ3n) is 2.42. The Morgan fingerprint density at radius 3 is 2.56 bits per heavy atom. The van der Waals surface area contributed by atoms with E-state index in [1.54, 1.807) is 12.1 Å². The summed E-state index contributed by atoms with van der Waals surface area (Å²) in [7, 11) is 0. The van der Waals surface area contributed by atoms with Crippen LogP contribution < -0.4 is 5.32 Å². The van der Waals surface area contributed by atoms with E-state index >= 15 is 0 Å². The molecule has 0 spiro atoms. The van der Waals surface area contributed by atoms with Crippen LogP contribution in [0.3, 0.4) is 0 Å². The minimum atomic E-state index is -0.581. The first kappa shape index (κ1) is 13.3. The lowest BCUT2D eigenvalue weighted by molar-refractivity contribution is 0.574. The molecule has 5 heteroatoms. The summed E-state index contributed by atoms with van der Waals surface area (Å²) in [4.78, 5) is 0. The predicted molar refractivity (Wildman–Crippen MR) is 72.8 cm³/mol. The number of halogens is 4. The smallest absolute Gasteiger partial charge is 0.131 e. The molecule has 0 radical (unpaired) electrons. The van der Waals surface area contributed by atoms with E-state index < -0.39 is 11.6 Å². The van der Waals surface area contributed by atoms with E-state index in [1.165, 1.54) is 12.1 Å². The van der Waals surface area contributed by atoms with Gasteiger partial charge in [0, 0.05) is 28.3 Å². The summed E-state index contributed by atoms with van der Waals surface area (Å²) in [6.45, 7) is 0.268. The van der Waals surface area contributed by atoms with Gasteiger partial charge in [0.05, 0.1) is 5.02 Å². The Labute approximate surface area is 117 Å². The Balaban J connectivity index is 2.09.